The minimum atomic E-state index is -0.180. The zero-order valence-electron chi connectivity index (χ0n) is 13.7. The number of ether oxygens (including phenoxy) is 1. The average Bonchev–Trinajstić information content (AvgIpc) is 3.03. The van der Waals surface area contributed by atoms with E-state index in [9.17, 15) is 4.79 Å². The molecular formula is C18H22ClNO3. The molecule has 124 valence electrons. The molecule has 0 bridgehead atoms. The molecule has 0 aliphatic rings. The van der Waals surface area contributed by atoms with Gasteiger partial charge in [0.25, 0.3) is 5.91 Å². The third-order valence-electron chi connectivity index (χ3n) is 3.59. The van der Waals surface area contributed by atoms with Gasteiger partial charge in [0, 0.05) is 7.05 Å². The summed E-state index contributed by atoms with van der Waals surface area (Å²) < 4.78 is 11.0. The van der Waals surface area contributed by atoms with Crippen LogP contribution in [0.25, 0.3) is 0 Å². The molecule has 0 atom stereocenters. The van der Waals surface area contributed by atoms with Crippen molar-refractivity contribution >= 4 is 17.5 Å². The van der Waals surface area contributed by atoms with Crippen LogP contribution in [-0.4, -0.2) is 31.0 Å². The van der Waals surface area contributed by atoms with E-state index in [0.29, 0.717) is 30.6 Å². The number of furan rings is 1. The number of likely N-dealkylation sites (N-methyl/N-ethyl adjacent to an activating group) is 1. The molecule has 2 aromatic rings. The van der Waals surface area contributed by atoms with E-state index in [-0.39, 0.29) is 11.8 Å². The van der Waals surface area contributed by atoms with Gasteiger partial charge in [0.1, 0.15) is 18.1 Å². The maximum atomic E-state index is 12.2. The monoisotopic (exact) mass is 335 g/mol. The van der Waals surface area contributed by atoms with Gasteiger partial charge in [-0.3, -0.25) is 4.79 Å². The number of rotatable bonds is 7. The number of halogens is 1. The Balaban J connectivity index is 1.82. The Morgan fingerprint density at radius 3 is 2.48 bits per heavy atom. The molecule has 0 radical (unpaired) electrons. The van der Waals surface area contributed by atoms with E-state index < -0.39 is 0 Å². The van der Waals surface area contributed by atoms with E-state index >= 15 is 0 Å². The minimum Gasteiger partial charge on any atom is -0.492 e. The molecule has 0 unspecified atom stereocenters. The van der Waals surface area contributed by atoms with Crippen molar-refractivity contribution in [2.45, 2.75) is 25.6 Å². The van der Waals surface area contributed by atoms with Gasteiger partial charge in [-0.05, 0) is 35.7 Å². The Bertz CT molecular complexity index is 634. The first kappa shape index (κ1) is 17.4. The van der Waals surface area contributed by atoms with Gasteiger partial charge in [-0.25, -0.2) is 0 Å². The molecule has 5 heteroatoms. The van der Waals surface area contributed by atoms with Crippen molar-refractivity contribution in [1.82, 2.24) is 4.90 Å². The Morgan fingerprint density at radius 2 is 1.91 bits per heavy atom. The summed E-state index contributed by atoms with van der Waals surface area (Å²) in [6.45, 7) is 5.20. The Kier molecular flexibility index (Phi) is 6.11. The minimum absolute atomic E-state index is 0.180. The van der Waals surface area contributed by atoms with Crippen molar-refractivity contribution in [3.63, 3.8) is 0 Å². The van der Waals surface area contributed by atoms with Crippen molar-refractivity contribution in [3.05, 3.63) is 53.5 Å². The van der Waals surface area contributed by atoms with E-state index in [4.69, 9.17) is 20.8 Å². The van der Waals surface area contributed by atoms with Crippen LogP contribution >= 0.6 is 11.6 Å². The van der Waals surface area contributed by atoms with Gasteiger partial charge < -0.3 is 14.1 Å². The number of benzene rings is 1. The van der Waals surface area contributed by atoms with Crippen LogP contribution in [0.15, 0.2) is 40.8 Å². The maximum Gasteiger partial charge on any atom is 0.289 e. The molecule has 0 spiro atoms. The normalized spacial score (nSPS) is 10.8. The first-order valence-electron chi connectivity index (χ1n) is 7.64. The average molecular weight is 336 g/mol. The Labute approximate surface area is 142 Å². The third kappa shape index (κ3) is 4.76. The molecule has 4 nitrogen and oxygen atoms in total. The summed E-state index contributed by atoms with van der Waals surface area (Å²) in [5.74, 6) is 2.26. The summed E-state index contributed by atoms with van der Waals surface area (Å²) in [5.41, 5.74) is 1.28. The lowest BCUT2D eigenvalue weighted by Gasteiger charge is -2.16. The summed E-state index contributed by atoms with van der Waals surface area (Å²) in [7, 11) is 1.72. The molecule has 0 aliphatic heterocycles. The topological polar surface area (TPSA) is 42.7 Å². The molecule has 0 fully saturated rings. The van der Waals surface area contributed by atoms with Gasteiger partial charge in [-0.1, -0.05) is 26.0 Å². The fourth-order valence-corrected chi connectivity index (χ4v) is 2.25. The number of carbonyl (C=O) groups is 1. The van der Waals surface area contributed by atoms with Gasteiger partial charge in [-0.2, -0.15) is 0 Å². The lowest BCUT2D eigenvalue weighted by molar-refractivity contribution is 0.0741. The number of hydrogen-bond acceptors (Lipinski definition) is 3. The number of carbonyl (C=O) groups excluding carboxylic acids is 1. The zero-order valence-corrected chi connectivity index (χ0v) is 14.5. The molecule has 1 aromatic heterocycles. The molecular weight excluding hydrogens is 314 g/mol. The summed E-state index contributed by atoms with van der Waals surface area (Å²) in [6, 6.07) is 11.4. The van der Waals surface area contributed by atoms with E-state index in [1.807, 2.05) is 12.1 Å². The predicted molar refractivity (Wildman–Crippen MR) is 91.3 cm³/mol. The summed E-state index contributed by atoms with van der Waals surface area (Å²) >= 11 is 5.67. The summed E-state index contributed by atoms with van der Waals surface area (Å²) in [6.07, 6.45) is 0. The van der Waals surface area contributed by atoms with Gasteiger partial charge in [0.2, 0.25) is 0 Å². The molecule has 0 N–H and O–H groups in total. The number of amides is 1. The van der Waals surface area contributed by atoms with E-state index in [0.717, 1.165) is 5.75 Å². The second-order valence-electron chi connectivity index (χ2n) is 5.70. The van der Waals surface area contributed by atoms with Crippen molar-refractivity contribution in [1.29, 1.82) is 0 Å². The highest BCUT2D eigenvalue weighted by Gasteiger charge is 2.15. The number of nitrogens with zero attached hydrogens (tertiary/aromatic N) is 1. The van der Waals surface area contributed by atoms with Crippen LogP contribution in [0.1, 0.15) is 41.6 Å². The van der Waals surface area contributed by atoms with Crippen LogP contribution in [0.5, 0.6) is 5.75 Å². The molecule has 0 saturated heterocycles. The van der Waals surface area contributed by atoms with E-state index in [2.05, 4.69) is 26.0 Å². The fraction of sp³-hybridized carbons (Fsp3) is 0.389. The standard InChI is InChI=1S/C18H22ClNO3/c1-13(2)14-4-6-15(7-5-14)22-11-10-20(3)18(21)17-9-8-16(12-19)23-17/h4-9,13H,10-12H2,1-3H3. The first-order valence-corrected chi connectivity index (χ1v) is 8.17. The third-order valence-corrected chi connectivity index (χ3v) is 3.86. The molecule has 0 saturated carbocycles. The van der Waals surface area contributed by atoms with Gasteiger partial charge in [0.05, 0.1) is 12.4 Å². The zero-order chi connectivity index (χ0) is 16.8. The Hall–Kier alpha value is -1.94. The van der Waals surface area contributed by atoms with Gasteiger partial charge in [-0.15, -0.1) is 11.6 Å². The van der Waals surface area contributed by atoms with Crippen molar-refractivity contribution < 1.29 is 13.9 Å². The Morgan fingerprint density at radius 1 is 1.22 bits per heavy atom. The van der Waals surface area contributed by atoms with Crippen LogP contribution < -0.4 is 4.74 Å². The van der Waals surface area contributed by atoms with Crippen molar-refractivity contribution in [2.24, 2.45) is 0 Å². The molecule has 0 aliphatic carbocycles. The maximum absolute atomic E-state index is 12.2. The highest BCUT2D eigenvalue weighted by Crippen LogP contribution is 2.18. The number of alkyl halides is 1. The second kappa shape index (κ2) is 8.06. The van der Waals surface area contributed by atoms with Crippen LogP contribution in [0.2, 0.25) is 0 Å². The van der Waals surface area contributed by atoms with Gasteiger partial charge >= 0.3 is 0 Å². The molecule has 1 amide bonds. The fourth-order valence-electron chi connectivity index (χ4n) is 2.10. The lowest BCUT2D eigenvalue weighted by Crippen LogP contribution is -2.30. The summed E-state index contributed by atoms with van der Waals surface area (Å²) in [4.78, 5) is 13.7. The molecule has 23 heavy (non-hydrogen) atoms. The summed E-state index contributed by atoms with van der Waals surface area (Å²) in [5, 5.41) is 0. The van der Waals surface area contributed by atoms with E-state index in [1.165, 1.54) is 5.56 Å². The van der Waals surface area contributed by atoms with Crippen molar-refractivity contribution in [2.75, 3.05) is 20.2 Å². The van der Waals surface area contributed by atoms with Gasteiger partial charge in [0.15, 0.2) is 5.76 Å². The van der Waals surface area contributed by atoms with E-state index in [1.54, 1.807) is 24.1 Å². The van der Waals surface area contributed by atoms with Crippen LogP contribution in [0.3, 0.4) is 0 Å². The molecule has 1 heterocycles. The molecule has 2 rings (SSSR count). The van der Waals surface area contributed by atoms with Crippen LogP contribution in [0.4, 0.5) is 0 Å². The van der Waals surface area contributed by atoms with Crippen LogP contribution in [0, 0.1) is 0 Å². The lowest BCUT2D eigenvalue weighted by atomic mass is 10.0. The largest absolute Gasteiger partial charge is 0.492 e. The first-order chi connectivity index (χ1) is 11.0. The highest BCUT2D eigenvalue weighted by atomic mass is 35.5. The predicted octanol–water partition coefficient (Wildman–Crippen LogP) is 4.29. The van der Waals surface area contributed by atoms with Crippen LogP contribution in [-0.2, 0) is 5.88 Å². The van der Waals surface area contributed by atoms with Crippen molar-refractivity contribution in [3.8, 4) is 5.75 Å². The number of hydrogen-bond donors (Lipinski definition) is 0. The smallest absolute Gasteiger partial charge is 0.289 e. The SMILES string of the molecule is CC(C)c1ccc(OCCN(C)C(=O)c2ccc(CCl)o2)cc1. The highest BCUT2D eigenvalue weighted by molar-refractivity contribution is 6.16. The second-order valence-corrected chi connectivity index (χ2v) is 5.97. The molecule has 1 aromatic carbocycles. The quantitative estimate of drug-likeness (QED) is 0.709.